The molecule has 0 atom stereocenters. The maximum atomic E-state index is 9.33. The maximum Gasteiger partial charge on any atom is 0.115 e. The molecule has 0 aromatic heterocycles. The van der Waals surface area contributed by atoms with Gasteiger partial charge in [-0.05, 0) is 11.5 Å². The van der Waals surface area contributed by atoms with Crippen LogP contribution in [0, 0.1) is 0 Å². The van der Waals surface area contributed by atoms with Gasteiger partial charge in [-0.3, -0.25) is 0 Å². The summed E-state index contributed by atoms with van der Waals surface area (Å²) >= 11 is 0. The second kappa shape index (κ2) is 2.73. The summed E-state index contributed by atoms with van der Waals surface area (Å²) in [5.41, 5.74) is 2.80. The van der Waals surface area contributed by atoms with Gasteiger partial charge in [-0.1, -0.05) is 13.8 Å². The normalized spacial score (nSPS) is 11.3. The quantitative estimate of drug-likeness (QED) is 0.675. The van der Waals surface area contributed by atoms with Gasteiger partial charge >= 0.3 is 0 Å². The molecule has 0 saturated heterocycles. The van der Waals surface area contributed by atoms with Gasteiger partial charge in [-0.2, -0.15) is 9.83 Å². The van der Waals surface area contributed by atoms with Crippen molar-refractivity contribution in [1.82, 2.24) is 14.9 Å². The first-order chi connectivity index (χ1) is 6.18. The van der Waals surface area contributed by atoms with Crippen molar-refractivity contribution in [2.24, 2.45) is 0 Å². The van der Waals surface area contributed by atoms with E-state index >= 15 is 0 Å². The Hall–Kier alpha value is -1.58. The molecule has 0 saturated carbocycles. The highest BCUT2D eigenvalue weighted by Crippen LogP contribution is 2.27. The molecule has 4 heteroatoms. The van der Waals surface area contributed by atoms with Crippen molar-refractivity contribution >= 4 is 0 Å². The molecule has 0 spiro atoms. The molecule has 13 heavy (non-hydrogen) atoms. The van der Waals surface area contributed by atoms with Crippen LogP contribution in [0.3, 0.4) is 0 Å². The van der Waals surface area contributed by atoms with Crippen LogP contribution in [0.4, 0.5) is 0 Å². The molecule has 2 aliphatic rings. The Labute approximate surface area is 76.1 Å². The first kappa shape index (κ1) is 8.04. The number of hydrogen-bond donors (Lipinski definition) is 1. The fourth-order valence-electron chi connectivity index (χ4n) is 1.42. The monoisotopic (exact) mass is 177 g/mol. The molecule has 0 bridgehead atoms. The lowest BCUT2D eigenvalue weighted by molar-refractivity contribution is 0.183. The minimum Gasteiger partial charge on any atom is -0.429 e. The van der Waals surface area contributed by atoms with Crippen molar-refractivity contribution in [2.45, 2.75) is 19.8 Å². The minimum absolute atomic E-state index is 0.355. The second-order valence-corrected chi connectivity index (χ2v) is 3.39. The Morgan fingerprint density at radius 2 is 2.15 bits per heavy atom. The van der Waals surface area contributed by atoms with Crippen LogP contribution in [0.1, 0.15) is 25.3 Å². The van der Waals surface area contributed by atoms with Crippen LogP contribution >= 0.6 is 0 Å². The Balaban J connectivity index is 2.68. The standard InChI is InChI=1S/C9H11N3O/c1-6(2)8-4-12(13)5-9-7(8)3-10-11-9/h3-6,13H,1-2H3. The van der Waals surface area contributed by atoms with Gasteiger partial charge in [0.25, 0.3) is 0 Å². The average Bonchev–Trinajstić information content (AvgIpc) is 2.49. The van der Waals surface area contributed by atoms with Crippen LogP contribution in [-0.2, 0) is 0 Å². The second-order valence-electron chi connectivity index (χ2n) is 3.39. The van der Waals surface area contributed by atoms with Crippen LogP contribution < -0.4 is 0 Å². The zero-order valence-electron chi connectivity index (χ0n) is 7.60. The summed E-state index contributed by atoms with van der Waals surface area (Å²) < 4.78 is 1.03. The van der Waals surface area contributed by atoms with Gasteiger partial charge in [0.15, 0.2) is 0 Å². The number of nitrogens with zero attached hydrogens (tertiary/aromatic N) is 3. The first-order valence-corrected chi connectivity index (χ1v) is 4.21. The van der Waals surface area contributed by atoms with Crippen molar-refractivity contribution in [3.63, 3.8) is 0 Å². The molecule has 0 aliphatic carbocycles. The Morgan fingerprint density at radius 3 is 2.85 bits per heavy atom. The molecule has 0 aromatic rings. The third kappa shape index (κ3) is 1.24. The zero-order chi connectivity index (χ0) is 9.42. The molecule has 1 N–H and O–H groups in total. The Bertz CT molecular complexity index is 394. The highest BCUT2D eigenvalue weighted by molar-refractivity contribution is 5.63. The summed E-state index contributed by atoms with van der Waals surface area (Å²) in [6, 6.07) is 0. The van der Waals surface area contributed by atoms with Crippen LogP contribution in [0.25, 0.3) is 11.3 Å². The van der Waals surface area contributed by atoms with Gasteiger partial charge in [0, 0.05) is 11.8 Å². The van der Waals surface area contributed by atoms with E-state index in [1.54, 1.807) is 18.6 Å². The summed E-state index contributed by atoms with van der Waals surface area (Å²) in [4.78, 5) is 0. The number of fused-ring (bicyclic) bond motifs is 1. The molecule has 0 fully saturated rings. The molecule has 2 rings (SSSR count). The molecular weight excluding hydrogens is 166 g/mol. The molecule has 4 nitrogen and oxygen atoms in total. The lowest BCUT2D eigenvalue weighted by atomic mass is 9.99. The van der Waals surface area contributed by atoms with Crippen molar-refractivity contribution < 1.29 is 5.21 Å². The molecule has 68 valence electrons. The molecule has 0 amide bonds. The Morgan fingerprint density at radius 1 is 1.38 bits per heavy atom. The van der Waals surface area contributed by atoms with Gasteiger partial charge in [0.1, 0.15) is 5.69 Å². The largest absolute Gasteiger partial charge is 0.429 e. The summed E-state index contributed by atoms with van der Waals surface area (Å²) in [6.45, 7) is 4.14. The van der Waals surface area contributed by atoms with Crippen molar-refractivity contribution in [1.29, 1.82) is 0 Å². The van der Waals surface area contributed by atoms with E-state index in [0.717, 1.165) is 21.6 Å². The molecule has 2 aliphatic heterocycles. The molecular formula is C9H11N3O. The number of pyridine rings is 1. The highest BCUT2D eigenvalue weighted by atomic mass is 16.5. The average molecular weight is 177 g/mol. The van der Waals surface area contributed by atoms with Gasteiger partial charge < -0.3 is 5.21 Å². The minimum atomic E-state index is 0.355. The fourth-order valence-corrected chi connectivity index (χ4v) is 1.42. The van der Waals surface area contributed by atoms with E-state index in [-0.39, 0.29) is 0 Å². The maximum absolute atomic E-state index is 9.33. The lowest BCUT2D eigenvalue weighted by Gasteiger charge is -2.11. The summed E-state index contributed by atoms with van der Waals surface area (Å²) in [5, 5.41) is 17.0. The molecule has 0 radical (unpaired) electrons. The fraction of sp³-hybridized carbons (Fsp3) is 0.333. The van der Waals surface area contributed by atoms with Crippen LogP contribution in [-0.4, -0.2) is 20.1 Å². The first-order valence-electron chi connectivity index (χ1n) is 4.21. The predicted octanol–water partition coefficient (Wildman–Crippen LogP) is 1.74. The smallest absolute Gasteiger partial charge is 0.115 e. The van der Waals surface area contributed by atoms with Gasteiger partial charge in [-0.25, -0.2) is 0 Å². The Kier molecular flexibility index (Phi) is 1.69. The van der Waals surface area contributed by atoms with E-state index in [1.807, 2.05) is 0 Å². The number of hydrogen-bond acceptors (Lipinski definition) is 3. The van der Waals surface area contributed by atoms with Crippen molar-refractivity contribution in [3.8, 4) is 11.3 Å². The predicted molar refractivity (Wildman–Crippen MR) is 47.9 cm³/mol. The van der Waals surface area contributed by atoms with E-state index in [9.17, 15) is 5.21 Å². The molecule has 0 aromatic carbocycles. The van der Waals surface area contributed by atoms with Crippen molar-refractivity contribution in [3.05, 3.63) is 24.2 Å². The zero-order valence-corrected chi connectivity index (χ0v) is 7.60. The number of aromatic nitrogens is 3. The van der Waals surface area contributed by atoms with Gasteiger partial charge in [-0.15, -0.1) is 5.10 Å². The van der Waals surface area contributed by atoms with E-state index in [0.29, 0.717) is 5.92 Å². The highest BCUT2D eigenvalue weighted by Gasteiger charge is 2.14. The third-order valence-electron chi connectivity index (χ3n) is 2.09. The van der Waals surface area contributed by atoms with Gasteiger partial charge in [0.2, 0.25) is 0 Å². The topological polar surface area (TPSA) is 50.9 Å². The van der Waals surface area contributed by atoms with Gasteiger partial charge in [0.05, 0.1) is 12.4 Å². The summed E-state index contributed by atoms with van der Waals surface area (Å²) in [6.07, 6.45) is 4.97. The van der Waals surface area contributed by atoms with Crippen molar-refractivity contribution in [2.75, 3.05) is 0 Å². The number of rotatable bonds is 1. The molecule has 2 heterocycles. The van der Waals surface area contributed by atoms with E-state index in [4.69, 9.17) is 0 Å². The van der Waals surface area contributed by atoms with E-state index < -0.39 is 0 Å². The SMILES string of the molecule is CC(C)c1cn(O)cc2nncc1-2. The molecule has 0 unspecified atom stereocenters. The summed E-state index contributed by atoms with van der Waals surface area (Å²) in [5.74, 6) is 0.355. The van der Waals surface area contributed by atoms with Crippen LogP contribution in [0.5, 0.6) is 0 Å². The van der Waals surface area contributed by atoms with Crippen LogP contribution in [0.2, 0.25) is 0 Å². The summed E-state index contributed by atoms with van der Waals surface area (Å²) in [7, 11) is 0. The lowest BCUT2D eigenvalue weighted by Crippen LogP contribution is -2.00. The van der Waals surface area contributed by atoms with E-state index in [2.05, 4.69) is 24.0 Å². The van der Waals surface area contributed by atoms with Crippen LogP contribution in [0.15, 0.2) is 18.6 Å². The van der Waals surface area contributed by atoms with E-state index in [1.165, 1.54) is 0 Å². The third-order valence-corrected chi connectivity index (χ3v) is 2.09.